The van der Waals surface area contributed by atoms with Gasteiger partial charge < -0.3 is 5.32 Å². The first-order valence-electron chi connectivity index (χ1n) is 3.46. The molecule has 1 amide bonds. The van der Waals surface area contributed by atoms with Crippen molar-refractivity contribution in [1.29, 1.82) is 0 Å². The number of sulfone groups is 1. The molecule has 0 fully saturated rings. The molecule has 1 aromatic heterocycles. The van der Waals surface area contributed by atoms with Crippen LogP contribution in [-0.4, -0.2) is 20.6 Å². The first kappa shape index (κ1) is 10.2. The van der Waals surface area contributed by atoms with E-state index in [0.29, 0.717) is 5.00 Å². The predicted molar refractivity (Wildman–Crippen MR) is 51.7 cm³/mol. The lowest BCUT2D eigenvalue weighted by Crippen LogP contribution is -2.07. The third kappa shape index (κ3) is 2.53. The molecule has 13 heavy (non-hydrogen) atoms. The zero-order chi connectivity index (χ0) is 10.1. The lowest BCUT2D eigenvalue weighted by molar-refractivity contribution is -0.114. The Hall–Kier alpha value is -0.880. The summed E-state index contributed by atoms with van der Waals surface area (Å²) in [6.45, 7) is 1.34. The van der Waals surface area contributed by atoms with E-state index in [1.165, 1.54) is 24.3 Å². The first-order chi connectivity index (χ1) is 5.91. The Balaban J connectivity index is 3.11. The first-order valence-corrected chi connectivity index (χ1v) is 6.23. The topological polar surface area (TPSA) is 63.2 Å². The zero-order valence-corrected chi connectivity index (χ0v) is 8.83. The maximum absolute atomic E-state index is 11.2. The smallest absolute Gasteiger partial charge is 0.221 e. The third-order valence-corrected chi connectivity index (χ3v) is 3.42. The fourth-order valence-electron chi connectivity index (χ4n) is 0.841. The summed E-state index contributed by atoms with van der Waals surface area (Å²) in [4.78, 5) is 10.9. The fourth-order valence-corrected chi connectivity index (χ4v) is 2.96. The summed E-state index contributed by atoms with van der Waals surface area (Å²) in [5.41, 5.74) is 0. The number of anilines is 1. The van der Waals surface area contributed by atoms with E-state index in [4.69, 9.17) is 0 Å². The summed E-state index contributed by atoms with van der Waals surface area (Å²) in [6.07, 6.45) is 1.11. The van der Waals surface area contributed by atoms with Crippen molar-refractivity contribution in [3.63, 3.8) is 0 Å². The molecule has 0 radical (unpaired) electrons. The molecule has 1 N–H and O–H groups in total. The quantitative estimate of drug-likeness (QED) is 0.810. The van der Waals surface area contributed by atoms with Gasteiger partial charge in [0.15, 0.2) is 9.84 Å². The summed E-state index contributed by atoms with van der Waals surface area (Å²) in [6, 6.07) is 1.48. The average Bonchev–Trinajstić information content (AvgIpc) is 2.31. The Morgan fingerprint density at radius 3 is 2.62 bits per heavy atom. The largest absolute Gasteiger partial charge is 0.317 e. The van der Waals surface area contributed by atoms with Crippen molar-refractivity contribution in [3.8, 4) is 0 Å². The minimum Gasteiger partial charge on any atom is -0.317 e. The highest BCUT2D eigenvalue weighted by atomic mass is 32.2. The van der Waals surface area contributed by atoms with E-state index in [1.807, 2.05) is 0 Å². The van der Waals surface area contributed by atoms with Crippen molar-refractivity contribution in [3.05, 3.63) is 11.4 Å². The molecule has 0 spiro atoms. The Kier molecular flexibility index (Phi) is 2.72. The number of nitrogens with one attached hydrogen (secondary N) is 1. The Morgan fingerprint density at radius 1 is 1.54 bits per heavy atom. The molecule has 0 bridgehead atoms. The highest BCUT2D eigenvalue weighted by Gasteiger charge is 2.14. The lowest BCUT2D eigenvalue weighted by Gasteiger charge is -2.00. The molecule has 1 aromatic rings. The van der Waals surface area contributed by atoms with Crippen LogP contribution >= 0.6 is 11.3 Å². The van der Waals surface area contributed by atoms with Gasteiger partial charge >= 0.3 is 0 Å². The van der Waals surface area contributed by atoms with E-state index in [2.05, 4.69) is 5.32 Å². The molecule has 1 rings (SSSR count). The van der Waals surface area contributed by atoms with Crippen LogP contribution in [0.4, 0.5) is 5.00 Å². The van der Waals surface area contributed by atoms with Crippen LogP contribution in [0.5, 0.6) is 0 Å². The van der Waals surface area contributed by atoms with Crippen LogP contribution in [-0.2, 0) is 14.6 Å². The second kappa shape index (κ2) is 3.47. The van der Waals surface area contributed by atoms with Crippen molar-refractivity contribution in [1.82, 2.24) is 0 Å². The van der Waals surface area contributed by atoms with E-state index in [1.54, 1.807) is 5.38 Å². The molecule has 4 nitrogen and oxygen atoms in total. The van der Waals surface area contributed by atoms with Crippen LogP contribution in [0.1, 0.15) is 6.92 Å². The van der Waals surface area contributed by atoms with Gasteiger partial charge in [0.25, 0.3) is 0 Å². The van der Waals surface area contributed by atoms with Crippen LogP contribution < -0.4 is 5.32 Å². The van der Waals surface area contributed by atoms with Gasteiger partial charge in [0.1, 0.15) is 9.90 Å². The SMILES string of the molecule is CC(=O)Nc1sccc1S(C)(=O)=O. The molecule has 72 valence electrons. The highest BCUT2D eigenvalue weighted by molar-refractivity contribution is 7.91. The molecule has 0 atom stereocenters. The van der Waals surface area contributed by atoms with Gasteiger partial charge in [-0.1, -0.05) is 0 Å². The molecule has 0 aliphatic carbocycles. The highest BCUT2D eigenvalue weighted by Crippen LogP contribution is 2.27. The Labute approximate surface area is 80.5 Å². The van der Waals surface area contributed by atoms with E-state index in [9.17, 15) is 13.2 Å². The monoisotopic (exact) mass is 219 g/mol. The number of rotatable bonds is 2. The Bertz CT molecular complexity index is 419. The summed E-state index contributed by atoms with van der Waals surface area (Å²) < 4.78 is 22.3. The van der Waals surface area contributed by atoms with Crippen molar-refractivity contribution in [2.75, 3.05) is 11.6 Å². The van der Waals surface area contributed by atoms with Crippen LogP contribution in [0.3, 0.4) is 0 Å². The normalized spacial score (nSPS) is 11.2. The van der Waals surface area contributed by atoms with Gasteiger partial charge in [0.2, 0.25) is 5.91 Å². The number of carbonyl (C=O) groups excluding carboxylic acids is 1. The summed E-state index contributed by atoms with van der Waals surface area (Å²) in [5.74, 6) is -0.271. The second-order valence-electron chi connectivity index (χ2n) is 2.57. The molecular weight excluding hydrogens is 210 g/mol. The molecule has 0 aromatic carbocycles. The van der Waals surface area contributed by atoms with Gasteiger partial charge in [-0.3, -0.25) is 4.79 Å². The number of thiophene rings is 1. The van der Waals surface area contributed by atoms with Crippen molar-refractivity contribution < 1.29 is 13.2 Å². The maximum atomic E-state index is 11.2. The Morgan fingerprint density at radius 2 is 2.15 bits per heavy atom. The lowest BCUT2D eigenvalue weighted by atomic mass is 10.6. The van der Waals surface area contributed by atoms with Gasteiger partial charge in [0, 0.05) is 13.2 Å². The molecule has 6 heteroatoms. The summed E-state index contributed by atoms with van der Waals surface area (Å²) >= 11 is 1.19. The standard InChI is InChI=1S/C7H9NO3S2/c1-5(9)8-7-6(3-4-12-7)13(2,10)11/h3-4H,1-2H3,(H,8,9). The zero-order valence-electron chi connectivity index (χ0n) is 7.20. The molecule has 0 saturated heterocycles. The fraction of sp³-hybridized carbons (Fsp3) is 0.286. The maximum Gasteiger partial charge on any atom is 0.221 e. The van der Waals surface area contributed by atoms with Gasteiger partial charge in [-0.15, -0.1) is 11.3 Å². The van der Waals surface area contributed by atoms with Crippen LogP contribution in [0.25, 0.3) is 0 Å². The van der Waals surface area contributed by atoms with Crippen molar-refractivity contribution in [2.24, 2.45) is 0 Å². The number of amides is 1. The van der Waals surface area contributed by atoms with Crippen LogP contribution in [0.2, 0.25) is 0 Å². The van der Waals surface area contributed by atoms with E-state index in [0.717, 1.165) is 6.26 Å². The molecule has 0 unspecified atom stereocenters. The summed E-state index contributed by atoms with van der Waals surface area (Å²) in [5, 5.41) is 4.47. The van der Waals surface area contributed by atoms with E-state index >= 15 is 0 Å². The van der Waals surface area contributed by atoms with Crippen molar-refractivity contribution >= 4 is 32.1 Å². The van der Waals surface area contributed by atoms with Crippen molar-refractivity contribution in [2.45, 2.75) is 11.8 Å². The molecule has 0 aliphatic rings. The van der Waals surface area contributed by atoms with E-state index < -0.39 is 9.84 Å². The minimum absolute atomic E-state index is 0.174. The van der Waals surface area contributed by atoms with Gasteiger partial charge in [0.05, 0.1) is 0 Å². The van der Waals surface area contributed by atoms with Gasteiger partial charge in [-0.25, -0.2) is 8.42 Å². The third-order valence-electron chi connectivity index (χ3n) is 1.32. The van der Waals surface area contributed by atoms with Crippen LogP contribution in [0.15, 0.2) is 16.3 Å². The minimum atomic E-state index is -3.24. The number of hydrogen-bond acceptors (Lipinski definition) is 4. The van der Waals surface area contributed by atoms with Crippen LogP contribution in [0, 0.1) is 0 Å². The van der Waals surface area contributed by atoms with Gasteiger partial charge in [-0.05, 0) is 11.4 Å². The molecular formula is C7H9NO3S2. The van der Waals surface area contributed by atoms with Gasteiger partial charge in [-0.2, -0.15) is 0 Å². The molecule has 1 heterocycles. The number of hydrogen-bond donors (Lipinski definition) is 1. The molecule has 0 aliphatic heterocycles. The second-order valence-corrected chi connectivity index (χ2v) is 5.47. The predicted octanol–water partition coefficient (Wildman–Crippen LogP) is 1.11. The average molecular weight is 219 g/mol. The molecule has 0 saturated carbocycles. The number of carbonyl (C=O) groups is 1. The summed E-state index contributed by atoms with van der Waals surface area (Å²) in [7, 11) is -3.24. The van der Waals surface area contributed by atoms with E-state index in [-0.39, 0.29) is 10.8 Å².